The Morgan fingerprint density at radius 1 is 1.29 bits per heavy atom. The molecule has 2 N–H and O–H groups in total. The topological polar surface area (TPSA) is 102 Å². The number of carboxylic acids is 1. The summed E-state index contributed by atoms with van der Waals surface area (Å²) in [5, 5.41) is 9.11. The molecule has 1 heterocycles. The summed E-state index contributed by atoms with van der Waals surface area (Å²) < 4.78 is 37.4. The van der Waals surface area contributed by atoms with E-state index in [9.17, 15) is 13.2 Å². The summed E-state index contributed by atoms with van der Waals surface area (Å²) in [6, 6.07) is 1.71. The zero-order chi connectivity index (χ0) is 15.8. The molecule has 1 atom stereocenters. The number of nitrogens with one attached hydrogen (secondary N) is 1. The molecule has 1 aliphatic rings. The summed E-state index contributed by atoms with van der Waals surface area (Å²) in [4.78, 5) is 11.1. The summed E-state index contributed by atoms with van der Waals surface area (Å²) in [6.45, 7) is 4.92. The van der Waals surface area contributed by atoms with Gasteiger partial charge in [-0.1, -0.05) is 13.8 Å². The van der Waals surface area contributed by atoms with Crippen LogP contribution in [0.1, 0.15) is 19.4 Å². The lowest BCUT2D eigenvalue weighted by atomic mass is 10.1. The van der Waals surface area contributed by atoms with Crippen molar-refractivity contribution in [1.29, 1.82) is 0 Å². The van der Waals surface area contributed by atoms with Gasteiger partial charge in [0.1, 0.15) is 6.04 Å². The van der Waals surface area contributed by atoms with Gasteiger partial charge in [0, 0.05) is 6.07 Å². The Bertz CT molecular complexity index is 667. The van der Waals surface area contributed by atoms with E-state index in [0.29, 0.717) is 17.1 Å². The Morgan fingerprint density at radius 3 is 2.38 bits per heavy atom. The molecule has 0 aromatic heterocycles. The Hall–Kier alpha value is -1.80. The van der Waals surface area contributed by atoms with E-state index in [0.717, 1.165) is 0 Å². The first-order chi connectivity index (χ1) is 9.72. The van der Waals surface area contributed by atoms with E-state index in [2.05, 4.69) is 4.72 Å². The highest BCUT2D eigenvalue weighted by atomic mass is 32.2. The molecule has 0 aliphatic carbocycles. The zero-order valence-corrected chi connectivity index (χ0v) is 12.7. The molecule has 1 aliphatic heterocycles. The van der Waals surface area contributed by atoms with Crippen LogP contribution in [0.5, 0.6) is 11.5 Å². The number of rotatable bonds is 5. The Labute approximate surface area is 122 Å². The van der Waals surface area contributed by atoms with Gasteiger partial charge in [-0.05, 0) is 24.5 Å². The highest BCUT2D eigenvalue weighted by molar-refractivity contribution is 7.89. The monoisotopic (exact) mass is 315 g/mol. The number of carboxylic acid groups (broad SMARTS) is 1. The molecule has 0 saturated heterocycles. The molecule has 0 spiro atoms. The van der Waals surface area contributed by atoms with Gasteiger partial charge in [0.2, 0.25) is 16.8 Å². The van der Waals surface area contributed by atoms with Crippen molar-refractivity contribution in [3.8, 4) is 11.5 Å². The van der Waals surface area contributed by atoms with Crippen molar-refractivity contribution in [2.45, 2.75) is 31.7 Å². The number of fused-ring (bicyclic) bond motifs is 1. The van der Waals surface area contributed by atoms with Crippen LogP contribution in [0.15, 0.2) is 17.0 Å². The molecule has 0 bridgehead atoms. The van der Waals surface area contributed by atoms with Crippen molar-refractivity contribution in [1.82, 2.24) is 4.72 Å². The molecule has 116 valence electrons. The minimum atomic E-state index is -3.97. The lowest BCUT2D eigenvalue weighted by molar-refractivity contribution is -0.140. The number of carbonyl (C=O) groups is 1. The van der Waals surface area contributed by atoms with Crippen LogP contribution >= 0.6 is 0 Å². The Morgan fingerprint density at radius 2 is 1.86 bits per heavy atom. The quantitative estimate of drug-likeness (QED) is 0.844. The van der Waals surface area contributed by atoms with Crippen LogP contribution in [0.2, 0.25) is 0 Å². The number of ether oxygens (including phenoxy) is 2. The number of benzene rings is 1. The molecule has 21 heavy (non-hydrogen) atoms. The molecule has 0 amide bonds. The average Bonchev–Trinajstić information content (AvgIpc) is 2.81. The van der Waals surface area contributed by atoms with Crippen molar-refractivity contribution < 1.29 is 27.8 Å². The fourth-order valence-electron chi connectivity index (χ4n) is 2.02. The third kappa shape index (κ3) is 3.11. The first kappa shape index (κ1) is 15.6. The van der Waals surface area contributed by atoms with Gasteiger partial charge >= 0.3 is 5.97 Å². The zero-order valence-electron chi connectivity index (χ0n) is 11.9. The number of hydrogen-bond donors (Lipinski definition) is 2. The van der Waals surface area contributed by atoms with Gasteiger partial charge in [-0.25, -0.2) is 8.42 Å². The molecule has 1 aromatic carbocycles. The third-order valence-electron chi connectivity index (χ3n) is 3.17. The maximum Gasteiger partial charge on any atom is 0.322 e. The van der Waals surface area contributed by atoms with Gasteiger partial charge < -0.3 is 14.6 Å². The van der Waals surface area contributed by atoms with E-state index in [1.165, 1.54) is 6.07 Å². The van der Waals surface area contributed by atoms with Crippen LogP contribution in [-0.2, 0) is 14.8 Å². The van der Waals surface area contributed by atoms with Gasteiger partial charge in [0.25, 0.3) is 0 Å². The van der Waals surface area contributed by atoms with E-state index in [1.54, 1.807) is 26.8 Å². The average molecular weight is 315 g/mol. The highest BCUT2D eigenvalue weighted by Crippen LogP contribution is 2.36. The lowest BCUT2D eigenvalue weighted by Gasteiger charge is -2.19. The van der Waals surface area contributed by atoms with Gasteiger partial charge in [-0.2, -0.15) is 4.72 Å². The second-order valence-corrected chi connectivity index (χ2v) is 6.83. The first-order valence-electron chi connectivity index (χ1n) is 6.37. The minimum absolute atomic E-state index is 0.0151. The van der Waals surface area contributed by atoms with Crippen LogP contribution in [-0.4, -0.2) is 32.3 Å². The van der Waals surface area contributed by atoms with Gasteiger partial charge in [0.05, 0.1) is 4.90 Å². The third-order valence-corrected chi connectivity index (χ3v) is 4.76. The fraction of sp³-hybridized carbons (Fsp3) is 0.462. The Balaban J connectivity index is 2.38. The molecule has 1 aromatic rings. The minimum Gasteiger partial charge on any atom is -0.480 e. The predicted octanol–water partition coefficient (Wildman–Crippen LogP) is 1.11. The molecule has 8 heteroatoms. The molecule has 2 rings (SSSR count). The SMILES string of the molecule is Cc1cc2c(cc1S(=O)(=O)NC(C(=O)O)C(C)C)OCO2. The molecule has 7 nitrogen and oxygen atoms in total. The standard InChI is InChI=1S/C13H17NO6S/c1-7(2)12(13(15)16)14-21(17,18)11-5-10-9(4-8(11)3)19-6-20-10/h4-5,7,12,14H,6H2,1-3H3,(H,15,16). The molecule has 0 saturated carbocycles. The molecule has 1 unspecified atom stereocenters. The largest absolute Gasteiger partial charge is 0.480 e. The van der Waals surface area contributed by atoms with Gasteiger partial charge in [-0.15, -0.1) is 0 Å². The van der Waals surface area contributed by atoms with Crippen LogP contribution in [0.4, 0.5) is 0 Å². The lowest BCUT2D eigenvalue weighted by Crippen LogP contribution is -2.44. The summed E-state index contributed by atoms with van der Waals surface area (Å²) in [5.41, 5.74) is 0.458. The maximum absolute atomic E-state index is 12.4. The predicted molar refractivity (Wildman–Crippen MR) is 73.9 cm³/mol. The number of aliphatic carboxylic acids is 1. The normalized spacial score (nSPS) is 15.2. The van der Waals surface area contributed by atoms with E-state index in [-0.39, 0.29) is 17.6 Å². The Kier molecular flexibility index (Phi) is 4.11. The van der Waals surface area contributed by atoms with E-state index < -0.39 is 22.0 Å². The summed E-state index contributed by atoms with van der Waals surface area (Å²) in [6.07, 6.45) is 0. The summed E-state index contributed by atoms with van der Waals surface area (Å²) >= 11 is 0. The van der Waals surface area contributed by atoms with Crippen molar-refractivity contribution in [2.24, 2.45) is 5.92 Å². The van der Waals surface area contributed by atoms with Crippen LogP contribution in [0, 0.1) is 12.8 Å². The van der Waals surface area contributed by atoms with Gasteiger partial charge in [0.15, 0.2) is 11.5 Å². The smallest absolute Gasteiger partial charge is 0.322 e. The summed E-state index contributed by atoms with van der Waals surface area (Å²) in [7, 11) is -3.97. The first-order valence-corrected chi connectivity index (χ1v) is 7.86. The second kappa shape index (κ2) is 5.53. The van der Waals surface area contributed by atoms with Crippen LogP contribution < -0.4 is 14.2 Å². The van der Waals surface area contributed by atoms with Crippen molar-refractivity contribution >= 4 is 16.0 Å². The van der Waals surface area contributed by atoms with Crippen molar-refractivity contribution in [3.63, 3.8) is 0 Å². The fourth-order valence-corrected chi connectivity index (χ4v) is 3.60. The maximum atomic E-state index is 12.4. The number of aryl methyl sites for hydroxylation is 1. The molecular formula is C13H17NO6S. The molecule has 0 radical (unpaired) electrons. The van der Waals surface area contributed by atoms with Gasteiger partial charge in [-0.3, -0.25) is 4.79 Å². The summed E-state index contributed by atoms with van der Waals surface area (Å²) in [5.74, 6) is -0.791. The number of sulfonamides is 1. The van der Waals surface area contributed by atoms with Crippen molar-refractivity contribution in [3.05, 3.63) is 17.7 Å². The second-order valence-electron chi connectivity index (χ2n) is 5.15. The van der Waals surface area contributed by atoms with E-state index >= 15 is 0 Å². The van der Waals surface area contributed by atoms with Crippen LogP contribution in [0.25, 0.3) is 0 Å². The molecule has 0 fully saturated rings. The van der Waals surface area contributed by atoms with Crippen molar-refractivity contribution in [2.75, 3.05) is 6.79 Å². The molecular weight excluding hydrogens is 298 g/mol. The van der Waals surface area contributed by atoms with E-state index in [4.69, 9.17) is 14.6 Å². The number of hydrogen-bond acceptors (Lipinski definition) is 5. The van der Waals surface area contributed by atoms with Crippen LogP contribution in [0.3, 0.4) is 0 Å². The van der Waals surface area contributed by atoms with E-state index in [1.807, 2.05) is 0 Å². The highest BCUT2D eigenvalue weighted by Gasteiger charge is 2.30.